The minimum absolute atomic E-state index is 0.0314. The second-order valence-electron chi connectivity index (χ2n) is 8.89. The molecule has 5 aromatic rings. The van der Waals surface area contributed by atoms with E-state index in [0.717, 1.165) is 38.5 Å². The summed E-state index contributed by atoms with van der Waals surface area (Å²) < 4.78 is 10.1. The van der Waals surface area contributed by atoms with Crippen molar-refractivity contribution in [3.05, 3.63) is 105 Å². The van der Waals surface area contributed by atoms with Crippen LogP contribution in [0.3, 0.4) is 0 Å². The van der Waals surface area contributed by atoms with Crippen molar-refractivity contribution in [3.8, 4) is 28.4 Å². The molecular formula is C28H24N4O4. The van der Waals surface area contributed by atoms with Crippen molar-refractivity contribution in [2.45, 2.75) is 6.04 Å². The van der Waals surface area contributed by atoms with Crippen LogP contribution in [0.4, 0.5) is 5.69 Å². The van der Waals surface area contributed by atoms with E-state index in [1.54, 1.807) is 19.2 Å². The summed E-state index contributed by atoms with van der Waals surface area (Å²) in [5, 5.41) is 14.3. The number of benzene rings is 3. The average Bonchev–Trinajstić information content (AvgIpc) is 3.28. The number of para-hydroxylation sites is 2. The molecule has 1 aliphatic heterocycles. The summed E-state index contributed by atoms with van der Waals surface area (Å²) in [6, 6.07) is 22.3. The molecule has 0 fully saturated rings. The van der Waals surface area contributed by atoms with Gasteiger partial charge in [-0.2, -0.15) is 0 Å². The van der Waals surface area contributed by atoms with Crippen molar-refractivity contribution < 1.29 is 9.84 Å². The third-order valence-corrected chi connectivity index (χ3v) is 6.91. The summed E-state index contributed by atoms with van der Waals surface area (Å²) in [5.41, 5.74) is 4.71. The lowest BCUT2D eigenvalue weighted by Crippen LogP contribution is -2.37. The van der Waals surface area contributed by atoms with Crippen molar-refractivity contribution in [2.24, 2.45) is 14.1 Å². The van der Waals surface area contributed by atoms with Crippen LogP contribution in [0.15, 0.2) is 82.4 Å². The predicted octanol–water partition coefficient (Wildman–Crippen LogP) is 3.92. The molecule has 0 bridgehead atoms. The summed E-state index contributed by atoms with van der Waals surface area (Å²) >= 11 is 0. The average molecular weight is 481 g/mol. The Morgan fingerprint density at radius 1 is 0.917 bits per heavy atom. The number of fused-ring (bicyclic) bond motifs is 5. The van der Waals surface area contributed by atoms with Crippen molar-refractivity contribution in [2.75, 3.05) is 12.4 Å². The first-order valence-corrected chi connectivity index (χ1v) is 11.5. The molecule has 180 valence electrons. The third kappa shape index (κ3) is 2.94. The zero-order chi connectivity index (χ0) is 25.1. The van der Waals surface area contributed by atoms with Crippen molar-refractivity contribution in [1.29, 1.82) is 0 Å². The summed E-state index contributed by atoms with van der Waals surface area (Å²) in [6.07, 6.45) is 0. The van der Waals surface area contributed by atoms with Gasteiger partial charge in [0.2, 0.25) is 0 Å². The summed E-state index contributed by atoms with van der Waals surface area (Å²) in [6.45, 7) is 0. The molecule has 2 N–H and O–H groups in total. The number of anilines is 1. The lowest BCUT2D eigenvalue weighted by molar-refractivity contribution is 0.373. The van der Waals surface area contributed by atoms with Crippen LogP contribution < -0.4 is 21.3 Å². The van der Waals surface area contributed by atoms with Crippen LogP contribution in [0.2, 0.25) is 0 Å². The first-order chi connectivity index (χ1) is 17.4. The van der Waals surface area contributed by atoms with Gasteiger partial charge in [-0.05, 0) is 35.4 Å². The van der Waals surface area contributed by atoms with Crippen LogP contribution in [-0.4, -0.2) is 25.9 Å². The molecule has 0 unspecified atom stereocenters. The fourth-order valence-corrected chi connectivity index (χ4v) is 5.21. The Kier molecular flexibility index (Phi) is 4.79. The van der Waals surface area contributed by atoms with E-state index < -0.39 is 11.7 Å². The highest BCUT2D eigenvalue weighted by Gasteiger charge is 2.35. The number of nitrogens with one attached hydrogen (secondary N) is 1. The standard InChI is InChI=1S/C28H24N4O4/c1-30-25-22(27(34)31(2)28(30)35)24(16-9-5-4-6-10-16)32-19-12-8-7-11-18(19)29-23(26(25)32)17-13-14-20(33)21(15-17)36-3/h4-15,23,29,33H,1-3H3/t23-/m1/s1. The quantitative estimate of drug-likeness (QED) is 0.409. The monoisotopic (exact) mass is 480 g/mol. The molecule has 3 aromatic carbocycles. The first kappa shape index (κ1) is 21.8. The van der Waals surface area contributed by atoms with Gasteiger partial charge in [0.25, 0.3) is 5.56 Å². The highest BCUT2D eigenvalue weighted by Crippen LogP contribution is 2.46. The van der Waals surface area contributed by atoms with E-state index >= 15 is 0 Å². The van der Waals surface area contributed by atoms with Gasteiger partial charge in [-0.15, -0.1) is 0 Å². The van der Waals surface area contributed by atoms with Gasteiger partial charge < -0.3 is 19.7 Å². The van der Waals surface area contributed by atoms with E-state index in [0.29, 0.717) is 16.7 Å². The molecule has 8 nitrogen and oxygen atoms in total. The number of ether oxygens (including phenoxy) is 1. The Morgan fingerprint density at radius 3 is 2.39 bits per heavy atom. The number of methoxy groups -OCH3 is 1. The SMILES string of the molecule is COc1cc([C@H]2Nc3ccccc3-n3c(-c4ccccc4)c4c(=O)n(C)c(=O)n(C)c4c32)ccc1O. The van der Waals surface area contributed by atoms with E-state index in [4.69, 9.17) is 4.74 Å². The van der Waals surface area contributed by atoms with Crippen LogP contribution in [0.1, 0.15) is 17.3 Å². The fourth-order valence-electron chi connectivity index (χ4n) is 5.21. The zero-order valence-electron chi connectivity index (χ0n) is 20.0. The molecule has 2 aromatic heterocycles. The van der Waals surface area contributed by atoms with E-state index in [2.05, 4.69) is 9.88 Å². The van der Waals surface area contributed by atoms with Crippen LogP contribution >= 0.6 is 0 Å². The van der Waals surface area contributed by atoms with E-state index in [1.165, 1.54) is 18.7 Å². The first-order valence-electron chi connectivity index (χ1n) is 11.5. The second-order valence-corrected chi connectivity index (χ2v) is 8.89. The highest BCUT2D eigenvalue weighted by atomic mass is 16.5. The smallest absolute Gasteiger partial charge is 0.331 e. The summed E-state index contributed by atoms with van der Waals surface area (Å²) in [5.74, 6) is 0.368. The number of aromatic hydroxyl groups is 1. The fraction of sp³-hybridized carbons (Fsp3) is 0.143. The number of nitrogens with zero attached hydrogens (tertiary/aromatic N) is 3. The maximum atomic E-state index is 13.7. The van der Waals surface area contributed by atoms with Gasteiger partial charge in [-0.25, -0.2) is 4.79 Å². The van der Waals surface area contributed by atoms with E-state index in [1.807, 2.05) is 60.7 Å². The molecule has 0 aliphatic carbocycles. The number of aryl methyl sites for hydroxylation is 1. The molecule has 8 heteroatoms. The summed E-state index contributed by atoms with van der Waals surface area (Å²) in [4.78, 5) is 26.8. The molecule has 1 atom stereocenters. The van der Waals surface area contributed by atoms with Gasteiger partial charge in [0.15, 0.2) is 11.5 Å². The van der Waals surface area contributed by atoms with E-state index in [-0.39, 0.29) is 11.3 Å². The third-order valence-electron chi connectivity index (χ3n) is 6.91. The maximum Gasteiger partial charge on any atom is 0.331 e. The summed E-state index contributed by atoms with van der Waals surface area (Å²) in [7, 11) is 4.69. The maximum absolute atomic E-state index is 13.7. The highest BCUT2D eigenvalue weighted by molar-refractivity contribution is 5.99. The molecule has 6 rings (SSSR count). The molecule has 0 spiro atoms. The Hall–Kier alpha value is -4.72. The van der Waals surface area contributed by atoms with Crippen molar-refractivity contribution in [1.82, 2.24) is 13.7 Å². The Morgan fingerprint density at radius 2 is 1.64 bits per heavy atom. The zero-order valence-corrected chi connectivity index (χ0v) is 20.0. The Bertz CT molecular complexity index is 1780. The molecular weight excluding hydrogens is 456 g/mol. The number of hydrogen-bond donors (Lipinski definition) is 2. The number of hydrogen-bond acceptors (Lipinski definition) is 5. The van der Waals surface area contributed by atoms with E-state index in [9.17, 15) is 14.7 Å². The lowest BCUT2D eigenvalue weighted by atomic mass is 9.99. The molecule has 3 heterocycles. The minimum Gasteiger partial charge on any atom is -0.504 e. The Labute approximate surface area is 206 Å². The van der Waals surface area contributed by atoms with Crippen molar-refractivity contribution >= 4 is 16.6 Å². The van der Waals surface area contributed by atoms with Crippen LogP contribution in [-0.2, 0) is 14.1 Å². The van der Waals surface area contributed by atoms with Crippen LogP contribution in [0.25, 0.3) is 27.8 Å². The van der Waals surface area contributed by atoms with Crippen molar-refractivity contribution in [3.63, 3.8) is 0 Å². The molecule has 0 saturated heterocycles. The van der Waals surface area contributed by atoms with Gasteiger partial charge in [0.05, 0.1) is 46.8 Å². The number of rotatable bonds is 3. The van der Waals surface area contributed by atoms with Gasteiger partial charge in [-0.1, -0.05) is 48.5 Å². The predicted molar refractivity (Wildman–Crippen MR) is 139 cm³/mol. The minimum atomic E-state index is -0.438. The largest absolute Gasteiger partial charge is 0.504 e. The van der Waals surface area contributed by atoms with Crippen LogP contribution in [0.5, 0.6) is 11.5 Å². The number of aromatic nitrogens is 3. The van der Waals surface area contributed by atoms with Gasteiger partial charge in [-0.3, -0.25) is 13.9 Å². The van der Waals surface area contributed by atoms with Gasteiger partial charge in [0.1, 0.15) is 0 Å². The molecule has 1 aliphatic rings. The van der Waals surface area contributed by atoms with Crippen LogP contribution in [0, 0.1) is 0 Å². The van der Waals surface area contributed by atoms with Gasteiger partial charge in [0, 0.05) is 14.1 Å². The second kappa shape index (κ2) is 7.91. The number of phenolic OH excluding ortho intramolecular Hbond substituents is 1. The Balaban J connectivity index is 1.84. The molecule has 0 saturated carbocycles. The molecule has 0 radical (unpaired) electrons. The lowest BCUT2D eigenvalue weighted by Gasteiger charge is -2.31. The molecule has 0 amide bonds. The topological polar surface area (TPSA) is 90.4 Å². The number of phenols is 1. The normalized spacial score (nSPS) is 14.2. The molecule has 36 heavy (non-hydrogen) atoms. The van der Waals surface area contributed by atoms with Gasteiger partial charge >= 0.3 is 5.69 Å².